The summed E-state index contributed by atoms with van der Waals surface area (Å²) in [7, 11) is 2.33. The summed E-state index contributed by atoms with van der Waals surface area (Å²) in [5.41, 5.74) is 0.224. The van der Waals surface area contributed by atoms with Gasteiger partial charge in [-0.25, -0.2) is 0 Å². The molecule has 1 saturated carbocycles. The summed E-state index contributed by atoms with van der Waals surface area (Å²) in [5.74, 6) is 1.06. The zero-order valence-electron chi connectivity index (χ0n) is 18.6. The molecule has 0 spiro atoms. The first-order valence-electron chi connectivity index (χ1n) is 10.3. The van der Waals surface area contributed by atoms with Gasteiger partial charge in [0.1, 0.15) is 11.5 Å². The average Bonchev–Trinajstić information content (AvgIpc) is 2.86. The van der Waals surface area contributed by atoms with Crippen molar-refractivity contribution in [2.75, 3.05) is 19.5 Å². The third kappa shape index (κ3) is 4.54. The maximum absolute atomic E-state index is 13.1. The van der Waals surface area contributed by atoms with Crippen molar-refractivity contribution in [3.8, 4) is 11.5 Å². The number of methoxy groups -OCH3 is 2. The fourth-order valence-corrected chi connectivity index (χ4v) is 3.38. The number of allylic oxidation sites excluding steroid dienone is 1. The van der Waals surface area contributed by atoms with Gasteiger partial charge in [0.25, 0.3) is 5.91 Å². The molecule has 1 amide bonds. The van der Waals surface area contributed by atoms with E-state index in [9.17, 15) is 4.79 Å². The van der Waals surface area contributed by atoms with Crippen molar-refractivity contribution in [3.05, 3.63) is 29.8 Å². The Morgan fingerprint density at radius 2 is 1.63 bits per heavy atom. The van der Waals surface area contributed by atoms with Crippen LogP contribution in [-0.2, 0) is 14.1 Å². The third-order valence-electron chi connectivity index (χ3n) is 6.23. The van der Waals surface area contributed by atoms with E-state index >= 15 is 0 Å². The normalized spacial score (nSPS) is 20.5. The fourth-order valence-electron chi connectivity index (χ4n) is 3.38. The summed E-state index contributed by atoms with van der Waals surface area (Å²) < 4.78 is 22.5. The van der Waals surface area contributed by atoms with Crippen molar-refractivity contribution in [2.45, 2.75) is 58.2 Å². The van der Waals surface area contributed by atoms with Gasteiger partial charge in [-0.05, 0) is 52.5 Å². The van der Waals surface area contributed by atoms with Crippen molar-refractivity contribution in [3.63, 3.8) is 0 Å². The van der Waals surface area contributed by atoms with Crippen LogP contribution in [0.15, 0.2) is 29.8 Å². The zero-order valence-corrected chi connectivity index (χ0v) is 18.6. The molecule has 2 N–H and O–H groups in total. The lowest BCUT2D eigenvalue weighted by Crippen LogP contribution is -2.41. The first-order chi connectivity index (χ1) is 14.1. The molecule has 1 aromatic rings. The van der Waals surface area contributed by atoms with Gasteiger partial charge in [0.05, 0.1) is 31.0 Å². The quantitative estimate of drug-likeness (QED) is 0.400. The third-order valence-corrected chi connectivity index (χ3v) is 6.23. The van der Waals surface area contributed by atoms with Crippen molar-refractivity contribution < 1.29 is 23.6 Å². The van der Waals surface area contributed by atoms with Crippen LogP contribution in [0.2, 0.25) is 0 Å². The summed E-state index contributed by atoms with van der Waals surface area (Å²) in [4.78, 5) is 13.1. The van der Waals surface area contributed by atoms with Gasteiger partial charge >= 0.3 is 7.12 Å². The van der Waals surface area contributed by atoms with Crippen LogP contribution in [0.1, 0.15) is 47.0 Å². The van der Waals surface area contributed by atoms with Gasteiger partial charge in [-0.1, -0.05) is 6.42 Å². The molecule has 1 heterocycles. The maximum Gasteiger partial charge on any atom is 0.513 e. The highest BCUT2D eigenvalue weighted by Crippen LogP contribution is 2.38. The van der Waals surface area contributed by atoms with Crippen molar-refractivity contribution in [2.24, 2.45) is 5.92 Å². The van der Waals surface area contributed by atoms with Crippen molar-refractivity contribution in [1.82, 2.24) is 0 Å². The number of rotatable bonds is 7. The van der Waals surface area contributed by atoms with E-state index in [-0.39, 0.29) is 17.4 Å². The van der Waals surface area contributed by atoms with Gasteiger partial charge in [-0.2, -0.15) is 0 Å². The summed E-state index contributed by atoms with van der Waals surface area (Å²) in [6.07, 6.45) is 4.54. The van der Waals surface area contributed by atoms with Gasteiger partial charge in [-0.3, -0.25) is 4.79 Å². The Kier molecular flexibility index (Phi) is 6.29. The Labute approximate surface area is 178 Å². The van der Waals surface area contributed by atoms with Crippen LogP contribution < -0.4 is 14.8 Å². The van der Waals surface area contributed by atoms with E-state index in [1.807, 2.05) is 27.7 Å². The minimum absolute atomic E-state index is 0.125. The number of nitrogens with one attached hydrogen (secondary N) is 2. The zero-order chi connectivity index (χ0) is 22.1. The molecular weight excluding hydrogens is 383 g/mol. The van der Waals surface area contributed by atoms with Crippen molar-refractivity contribution >= 4 is 24.3 Å². The molecule has 1 saturated heterocycles. The molecule has 0 unspecified atom stereocenters. The van der Waals surface area contributed by atoms with Crippen LogP contribution in [0.5, 0.6) is 11.5 Å². The Morgan fingerprint density at radius 1 is 1.10 bits per heavy atom. The molecule has 0 bridgehead atoms. The number of carbonyl (C=O) groups is 1. The second kappa shape index (κ2) is 8.43. The predicted molar refractivity (Wildman–Crippen MR) is 117 cm³/mol. The molecule has 0 atom stereocenters. The summed E-state index contributed by atoms with van der Waals surface area (Å²) >= 11 is 0. The number of hydrogen-bond donors (Lipinski definition) is 2. The minimum atomic E-state index is -0.796. The van der Waals surface area contributed by atoms with E-state index in [2.05, 4.69) is 5.32 Å². The van der Waals surface area contributed by atoms with Crippen LogP contribution in [0, 0.1) is 11.3 Å². The highest BCUT2D eigenvalue weighted by molar-refractivity contribution is 6.84. The van der Waals surface area contributed by atoms with E-state index in [1.54, 1.807) is 38.5 Å². The Bertz CT molecular complexity index is 823. The van der Waals surface area contributed by atoms with Gasteiger partial charge in [0, 0.05) is 29.5 Å². The monoisotopic (exact) mass is 414 g/mol. The largest absolute Gasteiger partial charge is 0.513 e. The Hall–Kier alpha value is -2.32. The highest BCUT2D eigenvalue weighted by Gasteiger charge is 2.52. The lowest BCUT2D eigenvalue weighted by atomic mass is 9.75. The SMILES string of the molecule is COc1cc(NC(=O)/C(=C\C(=N)B2OC(C)(C)C(C)(C)O2)C2CCC2)cc(OC)c1. The van der Waals surface area contributed by atoms with E-state index < -0.39 is 18.3 Å². The van der Waals surface area contributed by atoms with Crippen LogP contribution >= 0.6 is 0 Å². The molecule has 2 fully saturated rings. The number of ether oxygens (including phenoxy) is 2. The first kappa shape index (κ1) is 22.4. The number of amides is 1. The number of hydrogen-bond acceptors (Lipinski definition) is 6. The molecule has 162 valence electrons. The predicted octanol–water partition coefficient (Wildman–Crippen LogP) is 4.02. The second-order valence-corrected chi connectivity index (χ2v) is 8.83. The van der Waals surface area contributed by atoms with Crippen LogP contribution in [0.3, 0.4) is 0 Å². The van der Waals surface area contributed by atoms with E-state index in [0.29, 0.717) is 22.8 Å². The molecule has 1 aliphatic heterocycles. The standard InChI is InChI=1S/C22H31BN2O5/c1-21(2)22(3,4)30-23(29-21)19(24)13-18(14-8-7-9-14)20(26)25-15-10-16(27-5)12-17(11-15)28-6/h10-14,24H,7-9H2,1-6H3,(H,25,26)/b18-13-,24-19?. The molecule has 7 nitrogen and oxygen atoms in total. The molecule has 3 rings (SSSR count). The molecule has 0 radical (unpaired) electrons. The minimum Gasteiger partial charge on any atom is -0.497 e. The highest BCUT2D eigenvalue weighted by atomic mass is 16.7. The first-order valence-corrected chi connectivity index (χ1v) is 10.3. The molecule has 8 heteroatoms. The molecule has 30 heavy (non-hydrogen) atoms. The van der Waals surface area contributed by atoms with E-state index in [0.717, 1.165) is 19.3 Å². The lowest BCUT2D eigenvalue weighted by Gasteiger charge is -2.32. The second-order valence-electron chi connectivity index (χ2n) is 8.83. The molecule has 1 aliphatic carbocycles. The van der Waals surface area contributed by atoms with E-state index in [4.69, 9.17) is 24.2 Å². The smallest absolute Gasteiger partial charge is 0.497 e. The van der Waals surface area contributed by atoms with Crippen LogP contribution in [0.25, 0.3) is 0 Å². The number of benzene rings is 1. The molecule has 0 aromatic heterocycles. The van der Waals surface area contributed by atoms with Gasteiger partial charge in [-0.15, -0.1) is 0 Å². The van der Waals surface area contributed by atoms with Gasteiger partial charge < -0.3 is 29.5 Å². The van der Waals surface area contributed by atoms with Crippen LogP contribution in [0.4, 0.5) is 5.69 Å². The maximum atomic E-state index is 13.1. The molecule has 1 aromatic carbocycles. The Morgan fingerprint density at radius 3 is 2.07 bits per heavy atom. The Balaban J connectivity index is 1.81. The van der Waals surface area contributed by atoms with E-state index in [1.165, 1.54) is 0 Å². The number of carbonyl (C=O) groups excluding carboxylic acids is 1. The van der Waals surface area contributed by atoms with Crippen LogP contribution in [-0.4, -0.2) is 44.1 Å². The fraction of sp³-hybridized carbons (Fsp3) is 0.545. The molecular formula is C22H31BN2O5. The van der Waals surface area contributed by atoms with Gasteiger partial charge in [0.15, 0.2) is 0 Å². The summed E-state index contributed by atoms with van der Waals surface area (Å²) in [5, 5.41) is 11.4. The topological polar surface area (TPSA) is 89.9 Å². The molecule has 2 aliphatic rings. The average molecular weight is 414 g/mol. The number of anilines is 1. The lowest BCUT2D eigenvalue weighted by molar-refractivity contribution is -0.113. The summed E-state index contributed by atoms with van der Waals surface area (Å²) in [6.45, 7) is 7.78. The summed E-state index contributed by atoms with van der Waals surface area (Å²) in [6, 6.07) is 5.21. The van der Waals surface area contributed by atoms with Crippen molar-refractivity contribution in [1.29, 1.82) is 5.41 Å². The van der Waals surface area contributed by atoms with Gasteiger partial charge in [0.2, 0.25) is 0 Å².